The lowest BCUT2D eigenvalue weighted by molar-refractivity contribution is -0.0232. The van der Waals surface area contributed by atoms with Crippen molar-refractivity contribution in [2.75, 3.05) is 26.2 Å². The standard InChI is InChI=1S/C11H24N2O/c1-9-7-13(5-6-14-9)8-10(12)11(2,3)4/h9-10H,5-8,12H2,1-4H3. The third-order valence-corrected chi connectivity index (χ3v) is 2.89. The lowest BCUT2D eigenvalue weighted by Gasteiger charge is -2.36. The zero-order valence-corrected chi connectivity index (χ0v) is 9.92. The first-order valence-corrected chi connectivity index (χ1v) is 5.49. The summed E-state index contributed by atoms with van der Waals surface area (Å²) in [5.74, 6) is 0. The minimum Gasteiger partial charge on any atom is -0.376 e. The third kappa shape index (κ3) is 3.56. The van der Waals surface area contributed by atoms with Crippen LogP contribution in [0.4, 0.5) is 0 Å². The fourth-order valence-electron chi connectivity index (χ4n) is 1.61. The Morgan fingerprint density at radius 2 is 2.14 bits per heavy atom. The second-order valence-corrected chi connectivity index (χ2v) is 5.41. The summed E-state index contributed by atoms with van der Waals surface area (Å²) in [7, 11) is 0. The first kappa shape index (κ1) is 12.0. The zero-order chi connectivity index (χ0) is 10.8. The average Bonchev–Trinajstić information content (AvgIpc) is 2.02. The third-order valence-electron chi connectivity index (χ3n) is 2.89. The fourth-order valence-corrected chi connectivity index (χ4v) is 1.61. The van der Waals surface area contributed by atoms with Gasteiger partial charge in [-0.05, 0) is 12.3 Å². The van der Waals surface area contributed by atoms with Gasteiger partial charge >= 0.3 is 0 Å². The summed E-state index contributed by atoms with van der Waals surface area (Å²) in [5, 5.41) is 0. The van der Waals surface area contributed by atoms with E-state index in [1.165, 1.54) is 0 Å². The summed E-state index contributed by atoms with van der Waals surface area (Å²) < 4.78 is 5.49. The lowest BCUT2D eigenvalue weighted by Crippen LogP contribution is -2.50. The van der Waals surface area contributed by atoms with Gasteiger partial charge < -0.3 is 10.5 Å². The van der Waals surface area contributed by atoms with Crippen molar-refractivity contribution in [2.24, 2.45) is 11.1 Å². The van der Waals surface area contributed by atoms with Gasteiger partial charge in [-0.2, -0.15) is 0 Å². The maximum atomic E-state index is 6.14. The monoisotopic (exact) mass is 200 g/mol. The van der Waals surface area contributed by atoms with E-state index in [4.69, 9.17) is 10.5 Å². The van der Waals surface area contributed by atoms with Gasteiger partial charge in [0.15, 0.2) is 0 Å². The molecule has 84 valence electrons. The highest BCUT2D eigenvalue weighted by Gasteiger charge is 2.25. The summed E-state index contributed by atoms with van der Waals surface area (Å²) >= 11 is 0. The molecule has 14 heavy (non-hydrogen) atoms. The molecule has 1 aliphatic rings. The van der Waals surface area contributed by atoms with Crippen LogP contribution in [-0.4, -0.2) is 43.3 Å². The number of hydrogen-bond donors (Lipinski definition) is 1. The maximum Gasteiger partial charge on any atom is 0.0674 e. The Hall–Kier alpha value is -0.120. The fraction of sp³-hybridized carbons (Fsp3) is 1.00. The van der Waals surface area contributed by atoms with Gasteiger partial charge in [-0.25, -0.2) is 0 Å². The molecule has 0 amide bonds. The quantitative estimate of drug-likeness (QED) is 0.725. The van der Waals surface area contributed by atoms with Gasteiger partial charge in [0.25, 0.3) is 0 Å². The molecule has 2 N–H and O–H groups in total. The SMILES string of the molecule is CC1CN(CC(N)C(C)(C)C)CCO1. The van der Waals surface area contributed by atoms with E-state index in [-0.39, 0.29) is 11.5 Å². The highest BCUT2D eigenvalue weighted by Crippen LogP contribution is 2.18. The lowest BCUT2D eigenvalue weighted by atomic mass is 9.87. The molecule has 2 unspecified atom stereocenters. The molecule has 0 aliphatic carbocycles. The van der Waals surface area contributed by atoms with Crippen LogP contribution in [-0.2, 0) is 4.74 Å². The molecule has 1 fully saturated rings. The van der Waals surface area contributed by atoms with E-state index < -0.39 is 0 Å². The van der Waals surface area contributed by atoms with Crippen LogP contribution in [0.1, 0.15) is 27.7 Å². The van der Waals surface area contributed by atoms with E-state index in [0.29, 0.717) is 6.10 Å². The molecule has 0 bridgehead atoms. The van der Waals surface area contributed by atoms with Crippen LogP contribution in [0.3, 0.4) is 0 Å². The van der Waals surface area contributed by atoms with Gasteiger partial charge in [0.05, 0.1) is 12.7 Å². The molecule has 1 heterocycles. The van der Waals surface area contributed by atoms with Crippen molar-refractivity contribution < 1.29 is 4.74 Å². The predicted molar refractivity (Wildman–Crippen MR) is 59.3 cm³/mol. The van der Waals surface area contributed by atoms with Gasteiger partial charge in [-0.3, -0.25) is 4.90 Å². The first-order valence-electron chi connectivity index (χ1n) is 5.49. The van der Waals surface area contributed by atoms with Crippen molar-refractivity contribution in [2.45, 2.75) is 39.8 Å². The Kier molecular flexibility index (Phi) is 3.93. The number of nitrogens with zero attached hydrogens (tertiary/aromatic N) is 1. The Bertz CT molecular complexity index is 177. The van der Waals surface area contributed by atoms with E-state index in [1.54, 1.807) is 0 Å². The summed E-state index contributed by atoms with van der Waals surface area (Å²) in [6.45, 7) is 12.6. The van der Waals surface area contributed by atoms with E-state index in [1.807, 2.05) is 0 Å². The molecular weight excluding hydrogens is 176 g/mol. The minimum atomic E-state index is 0.196. The maximum absolute atomic E-state index is 6.14. The molecule has 0 aromatic heterocycles. The number of nitrogens with two attached hydrogens (primary N) is 1. The van der Waals surface area contributed by atoms with Crippen molar-refractivity contribution in [3.05, 3.63) is 0 Å². The van der Waals surface area contributed by atoms with Crippen LogP contribution in [0.2, 0.25) is 0 Å². The molecular formula is C11H24N2O. The molecule has 3 heteroatoms. The largest absolute Gasteiger partial charge is 0.376 e. The van der Waals surface area contributed by atoms with Crippen LogP contribution in [0, 0.1) is 5.41 Å². The molecule has 0 radical (unpaired) electrons. The predicted octanol–water partition coefficient (Wildman–Crippen LogP) is 1.08. The van der Waals surface area contributed by atoms with E-state index in [0.717, 1.165) is 26.2 Å². The zero-order valence-electron chi connectivity index (χ0n) is 9.92. The number of morpholine rings is 1. The topological polar surface area (TPSA) is 38.5 Å². The van der Waals surface area contributed by atoms with Crippen molar-refractivity contribution in [3.8, 4) is 0 Å². The van der Waals surface area contributed by atoms with Gasteiger partial charge in [-0.15, -0.1) is 0 Å². The van der Waals surface area contributed by atoms with Crippen molar-refractivity contribution in [1.29, 1.82) is 0 Å². The first-order chi connectivity index (χ1) is 6.39. The van der Waals surface area contributed by atoms with E-state index >= 15 is 0 Å². The molecule has 1 saturated heterocycles. The highest BCUT2D eigenvalue weighted by atomic mass is 16.5. The second-order valence-electron chi connectivity index (χ2n) is 5.41. The number of rotatable bonds is 2. The second kappa shape index (κ2) is 4.60. The Labute approximate surface area is 87.6 Å². The Balaban J connectivity index is 2.36. The van der Waals surface area contributed by atoms with E-state index in [2.05, 4.69) is 32.6 Å². The van der Waals surface area contributed by atoms with Gasteiger partial charge in [0, 0.05) is 25.7 Å². The molecule has 0 aromatic rings. The summed E-state index contributed by atoms with van der Waals surface area (Å²) in [5.41, 5.74) is 6.34. The number of ether oxygens (including phenoxy) is 1. The normalized spacial score (nSPS) is 27.6. The molecule has 2 atom stereocenters. The Morgan fingerprint density at radius 1 is 1.50 bits per heavy atom. The molecule has 1 rings (SSSR count). The molecule has 0 aromatic carbocycles. The molecule has 3 nitrogen and oxygen atoms in total. The smallest absolute Gasteiger partial charge is 0.0674 e. The molecule has 0 spiro atoms. The minimum absolute atomic E-state index is 0.196. The van der Waals surface area contributed by atoms with Crippen LogP contribution in [0.15, 0.2) is 0 Å². The van der Waals surface area contributed by atoms with Crippen LogP contribution < -0.4 is 5.73 Å². The van der Waals surface area contributed by atoms with Crippen LogP contribution >= 0.6 is 0 Å². The summed E-state index contributed by atoms with van der Waals surface area (Å²) in [6.07, 6.45) is 0.357. The van der Waals surface area contributed by atoms with Crippen molar-refractivity contribution in [3.63, 3.8) is 0 Å². The van der Waals surface area contributed by atoms with Gasteiger partial charge in [0.1, 0.15) is 0 Å². The van der Waals surface area contributed by atoms with Gasteiger partial charge in [-0.1, -0.05) is 20.8 Å². The van der Waals surface area contributed by atoms with E-state index in [9.17, 15) is 0 Å². The van der Waals surface area contributed by atoms with Crippen molar-refractivity contribution in [1.82, 2.24) is 4.90 Å². The molecule has 0 saturated carbocycles. The van der Waals surface area contributed by atoms with Crippen molar-refractivity contribution >= 4 is 0 Å². The Morgan fingerprint density at radius 3 is 2.64 bits per heavy atom. The van der Waals surface area contributed by atoms with Crippen LogP contribution in [0.5, 0.6) is 0 Å². The summed E-state index contributed by atoms with van der Waals surface area (Å²) in [6, 6.07) is 0.243. The number of hydrogen-bond acceptors (Lipinski definition) is 3. The summed E-state index contributed by atoms with van der Waals surface area (Å²) in [4.78, 5) is 2.41. The van der Waals surface area contributed by atoms with Gasteiger partial charge in [0.2, 0.25) is 0 Å². The van der Waals surface area contributed by atoms with Crippen LogP contribution in [0.25, 0.3) is 0 Å². The average molecular weight is 200 g/mol. The highest BCUT2D eigenvalue weighted by molar-refractivity contribution is 4.81. The molecule has 1 aliphatic heterocycles.